The largest absolute Gasteiger partial charge is 0.756 e. The number of likely N-dealkylation sites (N-methyl/N-ethyl adjacent to an activating group) is 1. The number of quaternary nitrogens is 1. The number of phosphoric acid groups is 1. The molecule has 0 aromatic heterocycles. The van der Waals surface area contributed by atoms with Crippen LogP contribution in [0.4, 0.5) is 0 Å². The summed E-state index contributed by atoms with van der Waals surface area (Å²) in [6.07, 6.45) is 87.3. The minimum Gasteiger partial charge on any atom is -0.756 e. The highest BCUT2D eigenvalue weighted by Gasteiger charge is 2.22. The molecule has 0 heterocycles. The van der Waals surface area contributed by atoms with Crippen molar-refractivity contribution in [1.82, 2.24) is 0 Å². The van der Waals surface area contributed by atoms with E-state index in [1.165, 1.54) is 148 Å². The number of ether oxygens (including phenoxy) is 2. The van der Waals surface area contributed by atoms with Gasteiger partial charge in [-0.2, -0.15) is 0 Å². The van der Waals surface area contributed by atoms with Crippen LogP contribution in [0.5, 0.6) is 0 Å². The summed E-state index contributed by atoms with van der Waals surface area (Å²) in [5.41, 5.74) is 0. The lowest BCUT2D eigenvalue weighted by molar-refractivity contribution is -0.870. The zero-order valence-electron chi connectivity index (χ0n) is 53.7. The maximum absolute atomic E-state index is 12.8. The van der Waals surface area contributed by atoms with Crippen LogP contribution in [0.3, 0.4) is 0 Å². The van der Waals surface area contributed by atoms with Gasteiger partial charge in [-0.3, -0.25) is 14.2 Å². The molecular weight excluding hydrogens is 1040 g/mol. The Kier molecular flexibility index (Phi) is 59.7. The minimum atomic E-state index is -4.64. The fourth-order valence-corrected chi connectivity index (χ4v) is 9.87. The molecule has 82 heavy (non-hydrogen) atoms. The van der Waals surface area contributed by atoms with Gasteiger partial charge in [0.25, 0.3) is 7.82 Å². The summed E-state index contributed by atoms with van der Waals surface area (Å²) in [6.45, 7) is 4.11. The van der Waals surface area contributed by atoms with Gasteiger partial charge in [-0.1, -0.05) is 277 Å². The molecule has 2 unspecified atom stereocenters. The number of allylic oxidation sites excluding steroid dienone is 18. The van der Waals surface area contributed by atoms with Gasteiger partial charge in [-0.15, -0.1) is 0 Å². The van der Waals surface area contributed by atoms with E-state index >= 15 is 0 Å². The molecule has 0 amide bonds. The molecule has 0 rings (SSSR count). The van der Waals surface area contributed by atoms with E-state index in [2.05, 4.69) is 123 Å². The second kappa shape index (κ2) is 62.2. The minimum absolute atomic E-state index is 0.0341. The molecule has 0 saturated heterocycles. The number of unbranched alkanes of at least 4 members (excludes halogenated alkanes) is 29. The van der Waals surface area contributed by atoms with Gasteiger partial charge < -0.3 is 27.9 Å². The number of hydrogen-bond donors (Lipinski definition) is 0. The standard InChI is InChI=1S/C72H126NO8P/c1-6-8-10-12-14-16-18-20-22-24-26-27-28-29-30-31-32-33-34-35-36-37-38-39-40-41-42-43-44-45-47-49-51-53-55-57-59-61-63-65-72(75)81-70(69-80-82(76,77)79-67-66-73(3,4)5)68-78-71(74)64-62-60-58-56-54-52-50-48-46-25-23-21-19-17-15-13-11-9-7-2/h8,10,14-17,20-23,26-27,29-30,32-33,35-36,70H,6-7,9,11-13,18-19,24-25,28,31,34,37-69H2,1-5H3/b10-8-,16-14-,17-15-,22-20-,23-21-,27-26-,30-29-,33-32-,36-35-. The average molecular weight is 1160 g/mol. The Labute approximate surface area is 506 Å². The Hall–Kier alpha value is -3.33. The fraction of sp³-hybridized carbons (Fsp3) is 0.722. The second-order valence-corrected chi connectivity index (χ2v) is 24.9. The number of esters is 2. The highest BCUT2D eigenvalue weighted by atomic mass is 31.2. The number of phosphoric ester groups is 1. The van der Waals surface area contributed by atoms with E-state index in [9.17, 15) is 19.0 Å². The van der Waals surface area contributed by atoms with Crippen LogP contribution in [0, 0.1) is 0 Å². The Morgan fingerprint density at radius 3 is 1.04 bits per heavy atom. The van der Waals surface area contributed by atoms with Crippen molar-refractivity contribution in [2.45, 2.75) is 290 Å². The summed E-state index contributed by atoms with van der Waals surface area (Å²) >= 11 is 0. The molecule has 0 aliphatic carbocycles. The Morgan fingerprint density at radius 1 is 0.390 bits per heavy atom. The summed E-state index contributed by atoms with van der Waals surface area (Å²) in [7, 11) is 1.16. The van der Waals surface area contributed by atoms with Crippen LogP contribution in [0.25, 0.3) is 0 Å². The topological polar surface area (TPSA) is 111 Å². The summed E-state index contributed by atoms with van der Waals surface area (Å²) in [6, 6.07) is 0. The molecule has 472 valence electrons. The maximum atomic E-state index is 12.8. The van der Waals surface area contributed by atoms with E-state index in [-0.39, 0.29) is 32.0 Å². The molecule has 0 N–H and O–H groups in total. The van der Waals surface area contributed by atoms with E-state index in [0.717, 1.165) is 103 Å². The normalized spacial score (nSPS) is 13.9. The molecule has 0 bridgehead atoms. The molecule has 0 aliphatic rings. The van der Waals surface area contributed by atoms with Crippen LogP contribution >= 0.6 is 7.82 Å². The van der Waals surface area contributed by atoms with Crippen molar-refractivity contribution in [2.75, 3.05) is 47.5 Å². The first-order chi connectivity index (χ1) is 40.0. The average Bonchev–Trinajstić information content (AvgIpc) is 3.46. The summed E-state index contributed by atoms with van der Waals surface area (Å²) in [4.78, 5) is 38.0. The third-order valence-corrected chi connectivity index (χ3v) is 15.2. The van der Waals surface area contributed by atoms with Crippen LogP contribution < -0.4 is 4.89 Å². The van der Waals surface area contributed by atoms with E-state index < -0.39 is 26.5 Å². The zero-order valence-corrected chi connectivity index (χ0v) is 54.6. The molecule has 0 radical (unpaired) electrons. The molecule has 0 aromatic rings. The third kappa shape index (κ3) is 65.8. The monoisotopic (exact) mass is 1160 g/mol. The molecule has 9 nitrogen and oxygen atoms in total. The molecule has 0 aliphatic heterocycles. The van der Waals surface area contributed by atoms with Crippen molar-refractivity contribution >= 4 is 19.8 Å². The van der Waals surface area contributed by atoms with Crippen LogP contribution in [0.1, 0.15) is 284 Å². The first-order valence-corrected chi connectivity index (χ1v) is 35.1. The van der Waals surface area contributed by atoms with Crippen molar-refractivity contribution in [3.05, 3.63) is 109 Å². The van der Waals surface area contributed by atoms with E-state index in [4.69, 9.17) is 18.5 Å². The predicted octanol–water partition coefficient (Wildman–Crippen LogP) is 21.1. The highest BCUT2D eigenvalue weighted by molar-refractivity contribution is 7.45. The molecule has 0 saturated carbocycles. The van der Waals surface area contributed by atoms with Crippen molar-refractivity contribution in [1.29, 1.82) is 0 Å². The molecule has 2 atom stereocenters. The van der Waals surface area contributed by atoms with Gasteiger partial charge >= 0.3 is 11.9 Å². The molecule has 0 spiro atoms. The van der Waals surface area contributed by atoms with Gasteiger partial charge in [0.2, 0.25) is 0 Å². The lowest BCUT2D eigenvalue weighted by atomic mass is 10.0. The number of nitrogens with zero attached hydrogens (tertiary/aromatic N) is 1. The lowest BCUT2D eigenvalue weighted by Crippen LogP contribution is -2.37. The first kappa shape index (κ1) is 78.7. The number of carbonyl (C=O) groups is 2. The number of carbonyl (C=O) groups excluding carboxylic acids is 2. The zero-order chi connectivity index (χ0) is 59.8. The Morgan fingerprint density at radius 2 is 0.695 bits per heavy atom. The Balaban J connectivity index is 4.01. The molecule has 0 fully saturated rings. The van der Waals surface area contributed by atoms with Gasteiger partial charge in [0.15, 0.2) is 6.10 Å². The molecular formula is C72H126NO8P. The second-order valence-electron chi connectivity index (χ2n) is 23.5. The van der Waals surface area contributed by atoms with Gasteiger partial charge in [0.05, 0.1) is 27.7 Å². The van der Waals surface area contributed by atoms with Crippen LogP contribution in [-0.2, 0) is 32.7 Å². The number of rotatable bonds is 61. The van der Waals surface area contributed by atoms with Crippen molar-refractivity contribution in [3.8, 4) is 0 Å². The van der Waals surface area contributed by atoms with Crippen molar-refractivity contribution in [3.63, 3.8) is 0 Å². The van der Waals surface area contributed by atoms with E-state index in [1.807, 2.05) is 21.1 Å². The van der Waals surface area contributed by atoms with Crippen LogP contribution in [0.15, 0.2) is 109 Å². The van der Waals surface area contributed by atoms with Crippen LogP contribution in [0.2, 0.25) is 0 Å². The van der Waals surface area contributed by atoms with Crippen molar-refractivity contribution < 1.29 is 42.1 Å². The SMILES string of the molecule is CC/C=C\C/C=C\C/C=C\C/C=C\C/C=C\C/C=C\C/C=C\CCCCCCCCCCCCCCCCCCCC(=O)OC(COC(=O)CCCCCCCCCCC/C=C\C/C=C\CCCCC)COP(=O)([O-])OCC[N+](C)(C)C. The lowest BCUT2D eigenvalue weighted by Gasteiger charge is -2.28. The predicted molar refractivity (Wildman–Crippen MR) is 351 cm³/mol. The maximum Gasteiger partial charge on any atom is 0.306 e. The first-order valence-electron chi connectivity index (χ1n) is 33.6. The fourth-order valence-electron chi connectivity index (χ4n) is 9.14. The van der Waals surface area contributed by atoms with Crippen molar-refractivity contribution in [2.24, 2.45) is 0 Å². The summed E-state index contributed by atoms with van der Waals surface area (Å²) in [5.74, 6) is -0.833. The van der Waals surface area contributed by atoms with E-state index in [1.54, 1.807) is 0 Å². The quantitative estimate of drug-likeness (QED) is 0.0195. The molecule has 10 heteroatoms. The Bertz CT molecular complexity index is 1750. The number of hydrogen-bond acceptors (Lipinski definition) is 8. The molecule has 0 aromatic carbocycles. The van der Waals surface area contributed by atoms with Gasteiger partial charge in [0, 0.05) is 12.8 Å². The van der Waals surface area contributed by atoms with E-state index in [0.29, 0.717) is 17.4 Å². The third-order valence-electron chi connectivity index (χ3n) is 14.3. The van der Waals surface area contributed by atoms with Gasteiger partial charge in [0.1, 0.15) is 19.8 Å². The van der Waals surface area contributed by atoms with Gasteiger partial charge in [-0.25, -0.2) is 0 Å². The summed E-state index contributed by atoms with van der Waals surface area (Å²) in [5, 5.41) is 0. The van der Waals surface area contributed by atoms with Crippen LogP contribution in [-0.4, -0.2) is 70.0 Å². The highest BCUT2D eigenvalue weighted by Crippen LogP contribution is 2.38. The van der Waals surface area contributed by atoms with Gasteiger partial charge in [-0.05, 0) is 103 Å². The summed E-state index contributed by atoms with van der Waals surface area (Å²) < 4.78 is 34.2. The smallest absolute Gasteiger partial charge is 0.306 e.